The molecule has 0 amide bonds. The molecule has 0 unspecified atom stereocenters. The zero-order chi connectivity index (χ0) is 19.2. The van der Waals surface area contributed by atoms with Crippen LogP contribution in [0.2, 0.25) is 0 Å². The van der Waals surface area contributed by atoms with E-state index in [1.165, 1.54) is 0 Å². The van der Waals surface area contributed by atoms with Crippen LogP contribution in [0.15, 0.2) is 24.8 Å². The Bertz CT molecular complexity index is 687. The van der Waals surface area contributed by atoms with Crippen molar-refractivity contribution in [2.24, 2.45) is 14.1 Å². The van der Waals surface area contributed by atoms with Crippen LogP contribution in [0.1, 0.15) is 11.6 Å². The molecule has 148 valence electrons. The molecule has 1 fully saturated rings. The van der Waals surface area contributed by atoms with Crippen molar-refractivity contribution >= 4 is 5.97 Å². The van der Waals surface area contributed by atoms with Crippen molar-refractivity contribution < 1.29 is 9.90 Å². The molecule has 3 rings (SSSR count). The topological polar surface area (TPSA) is 82.7 Å². The number of aryl methyl sites for hydroxylation is 2. The standard InChI is InChI=1S/C18H29N7O2/c1-21-5-3-19-16(21)13-23-7-8-24(14-17-20-4-6-22(17)2)10-12-25(11-9-23)15-18(26)27/h3-6H,7-15H2,1-2H3,(H,26,27). The molecule has 0 aliphatic carbocycles. The van der Waals surface area contributed by atoms with Crippen molar-refractivity contribution in [3.8, 4) is 0 Å². The highest BCUT2D eigenvalue weighted by Gasteiger charge is 2.19. The van der Waals surface area contributed by atoms with Gasteiger partial charge in [0.25, 0.3) is 0 Å². The fourth-order valence-corrected chi connectivity index (χ4v) is 3.35. The molecule has 0 atom stereocenters. The van der Waals surface area contributed by atoms with Crippen LogP contribution < -0.4 is 0 Å². The molecule has 3 heterocycles. The molecular formula is C18H29N7O2. The molecule has 9 heteroatoms. The lowest BCUT2D eigenvalue weighted by molar-refractivity contribution is -0.138. The predicted octanol–water partition coefficient (Wildman–Crippen LogP) is -0.142. The lowest BCUT2D eigenvalue weighted by Gasteiger charge is -2.25. The Labute approximate surface area is 159 Å². The molecule has 1 saturated heterocycles. The Hall–Kier alpha value is -2.23. The minimum absolute atomic E-state index is 0.0759. The van der Waals surface area contributed by atoms with E-state index in [9.17, 15) is 9.90 Å². The van der Waals surface area contributed by atoms with E-state index >= 15 is 0 Å². The molecule has 0 aromatic carbocycles. The van der Waals surface area contributed by atoms with Crippen molar-refractivity contribution in [1.29, 1.82) is 0 Å². The number of aromatic nitrogens is 4. The third kappa shape index (κ3) is 5.62. The van der Waals surface area contributed by atoms with Gasteiger partial charge in [-0.25, -0.2) is 9.97 Å². The van der Waals surface area contributed by atoms with Gasteiger partial charge in [0.1, 0.15) is 11.6 Å². The van der Waals surface area contributed by atoms with Crippen LogP contribution >= 0.6 is 0 Å². The van der Waals surface area contributed by atoms with Gasteiger partial charge in [-0.3, -0.25) is 19.5 Å². The molecule has 2 aromatic rings. The second-order valence-electron chi connectivity index (χ2n) is 7.13. The number of carbonyl (C=O) groups is 1. The van der Waals surface area contributed by atoms with E-state index in [-0.39, 0.29) is 6.54 Å². The van der Waals surface area contributed by atoms with Gasteiger partial charge < -0.3 is 14.2 Å². The van der Waals surface area contributed by atoms with Crippen molar-refractivity contribution in [2.75, 3.05) is 45.8 Å². The minimum Gasteiger partial charge on any atom is -0.480 e. The van der Waals surface area contributed by atoms with Gasteiger partial charge >= 0.3 is 5.97 Å². The minimum atomic E-state index is -0.777. The fraction of sp³-hybridized carbons (Fsp3) is 0.611. The Morgan fingerprint density at radius 3 is 1.59 bits per heavy atom. The molecule has 1 aliphatic rings. The predicted molar refractivity (Wildman–Crippen MR) is 101 cm³/mol. The summed E-state index contributed by atoms with van der Waals surface area (Å²) in [5, 5.41) is 9.22. The third-order valence-electron chi connectivity index (χ3n) is 5.13. The fourth-order valence-electron chi connectivity index (χ4n) is 3.35. The van der Waals surface area contributed by atoms with E-state index in [0.29, 0.717) is 0 Å². The van der Waals surface area contributed by atoms with E-state index in [2.05, 4.69) is 19.8 Å². The molecule has 0 radical (unpaired) electrons. The number of hydrogen-bond acceptors (Lipinski definition) is 6. The van der Waals surface area contributed by atoms with Crippen LogP contribution in [-0.4, -0.2) is 90.7 Å². The normalized spacial score (nSPS) is 18.1. The van der Waals surface area contributed by atoms with Gasteiger partial charge in [-0.2, -0.15) is 0 Å². The number of carboxylic acid groups (broad SMARTS) is 1. The van der Waals surface area contributed by atoms with Gasteiger partial charge in [0, 0.05) is 78.2 Å². The smallest absolute Gasteiger partial charge is 0.317 e. The van der Waals surface area contributed by atoms with E-state index < -0.39 is 5.97 Å². The van der Waals surface area contributed by atoms with Gasteiger partial charge in [0.05, 0.1) is 19.6 Å². The van der Waals surface area contributed by atoms with Crippen LogP contribution in [0.5, 0.6) is 0 Å². The first kappa shape index (κ1) is 19.5. The van der Waals surface area contributed by atoms with Gasteiger partial charge in [-0.1, -0.05) is 0 Å². The lowest BCUT2D eigenvalue weighted by Crippen LogP contribution is -2.39. The summed E-state index contributed by atoms with van der Waals surface area (Å²) in [6, 6.07) is 0. The van der Waals surface area contributed by atoms with E-state index in [1.54, 1.807) is 0 Å². The highest BCUT2D eigenvalue weighted by molar-refractivity contribution is 5.69. The van der Waals surface area contributed by atoms with Crippen LogP contribution in [0, 0.1) is 0 Å². The summed E-state index contributed by atoms with van der Waals surface area (Å²) in [4.78, 5) is 26.8. The van der Waals surface area contributed by atoms with Crippen LogP contribution in [0.25, 0.3) is 0 Å². The average Bonchev–Trinajstić information content (AvgIpc) is 3.22. The van der Waals surface area contributed by atoms with E-state index in [1.807, 2.05) is 52.9 Å². The molecule has 1 aliphatic heterocycles. The Kier molecular flexibility index (Phi) is 6.59. The summed E-state index contributed by atoms with van der Waals surface area (Å²) in [6.45, 7) is 6.58. The number of hydrogen-bond donors (Lipinski definition) is 1. The maximum Gasteiger partial charge on any atom is 0.317 e. The first-order valence-corrected chi connectivity index (χ1v) is 9.32. The largest absolute Gasteiger partial charge is 0.480 e. The summed E-state index contributed by atoms with van der Waals surface area (Å²) < 4.78 is 4.07. The van der Waals surface area contributed by atoms with E-state index in [0.717, 1.165) is 64.0 Å². The van der Waals surface area contributed by atoms with Crippen LogP contribution in [0.3, 0.4) is 0 Å². The summed E-state index contributed by atoms with van der Waals surface area (Å²) in [7, 11) is 4.01. The molecule has 1 N–H and O–H groups in total. The molecule has 27 heavy (non-hydrogen) atoms. The first-order chi connectivity index (χ1) is 13.0. The quantitative estimate of drug-likeness (QED) is 0.752. The Balaban J connectivity index is 1.69. The maximum absolute atomic E-state index is 11.2. The van der Waals surface area contributed by atoms with Gasteiger partial charge in [0.2, 0.25) is 0 Å². The van der Waals surface area contributed by atoms with Crippen molar-refractivity contribution in [1.82, 2.24) is 33.8 Å². The van der Waals surface area contributed by atoms with Crippen molar-refractivity contribution in [3.63, 3.8) is 0 Å². The number of aliphatic carboxylic acids is 1. The molecule has 0 bridgehead atoms. The number of imidazole rings is 2. The second-order valence-corrected chi connectivity index (χ2v) is 7.13. The molecule has 9 nitrogen and oxygen atoms in total. The number of nitrogens with zero attached hydrogens (tertiary/aromatic N) is 7. The lowest BCUT2D eigenvalue weighted by atomic mass is 10.4. The maximum atomic E-state index is 11.2. The van der Waals surface area contributed by atoms with Crippen LogP contribution in [0.4, 0.5) is 0 Å². The summed E-state index contributed by atoms with van der Waals surface area (Å²) >= 11 is 0. The van der Waals surface area contributed by atoms with Crippen molar-refractivity contribution in [3.05, 3.63) is 36.4 Å². The second kappa shape index (κ2) is 9.12. The highest BCUT2D eigenvalue weighted by Crippen LogP contribution is 2.08. The molecule has 0 saturated carbocycles. The number of rotatable bonds is 6. The van der Waals surface area contributed by atoms with Crippen molar-refractivity contribution in [2.45, 2.75) is 13.1 Å². The highest BCUT2D eigenvalue weighted by atomic mass is 16.4. The van der Waals surface area contributed by atoms with Gasteiger partial charge in [0.15, 0.2) is 0 Å². The Morgan fingerprint density at radius 1 is 0.852 bits per heavy atom. The molecule has 2 aromatic heterocycles. The van der Waals surface area contributed by atoms with Gasteiger partial charge in [-0.15, -0.1) is 0 Å². The SMILES string of the molecule is Cn1ccnc1CN1CCN(CC(=O)O)CCN(Cc2nccn2C)CC1. The zero-order valence-electron chi connectivity index (χ0n) is 16.2. The summed E-state index contributed by atoms with van der Waals surface area (Å²) in [5.74, 6) is 1.27. The van der Waals surface area contributed by atoms with Crippen LogP contribution in [-0.2, 0) is 32.0 Å². The number of carboxylic acids is 1. The molecule has 0 spiro atoms. The first-order valence-electron chi connectivity index (χ1n) is 9.32. The van der Waals surface area contributed by atoms with Gasteiger partial charge in [-0.05, 0) is 0 Å². The summed E-state index contributed by atoms with van der Waals surface area (Å²) in [5.41, 5.74) is 0. The molecular weight excluding hydrogens is 346 g/mol. The average molecular weight is 375 g/mol. The third-order valence-corrected chi connectivity index (χ3v) is 5.13. The zero-order valence-corrected chi connectivity index (χ0v) is 16.2. The van der Waals surface area contributed by atoms with E-state index in [4.69, 9.17) is 0 Å². The Morgan fingerprint density at radius 2 is 1.26 bits per heavy atom. The summed E-state index contributed by atoms with van der Waals surface area (Å²) in [6.07, 6.45) is 7.54. The monoisotopic (exact) mass is 375 g/mol.